The maximum atomic E-state index is 11.8. The summed E-state index contributed by atoms with van der Waals surface area (Å²) < 4.78 is 32.8. The van der Waals surface area contributed by atoms with Gasteiger partial charge in [-0.2, -0.15) is 10.1 Å². The Labute approximate surface area is 188 Å². The molecule has 1 aliphatic carbocycles. The number of benzene rings is 1. The number of anilines is 1. The summed E-state index contributed by atoms with van der Waals surface area (Å²) in [7, 11) is -1.51. The predicted octanol–water partition coefficient (Wildman–Crippen LogP) is 3.22. The zero-order chi connectivity index (χ0) is 22.9. The van der Waals surface area contributed by atoms with Crippen LogP contribution in [-0.2, 0) is 10.0 Å². The molecular formula is C22H30N6O3S. The molecule has 1 aromatic carbocycles. The summed E-state index contributed by atoms with van der Waals surface area (Å²) in [4.78, 5) is 9.05. The third-order valence-corrected chi connectivity index (χ3v) is 7.21. The maximum Gasteiger partial charge on any atom is 0.224 e. The zero-order valence-electron chi connectivity index (χ0n) is 18.9. The molecule has 0 aliphatic heterocycles. The van der Waals surface area contributed by atoms with E-state index in [1.54, 1.807) is 24.1 Å². The Morgan fingerprint density at radius 1 is 1.19 bits per heavy atom. The van der Waals surface area contributed by atoms with Crippen LogP contribution in [0, 0.1) is 0 Å². The van der Waals surface area contributed by atoms with Crippen LogP contribution in [0.15, 0.2) is 36.7 Å². The molecule has 2 heterocycles. The van der Waals surface area contributed by atoms with Crippen molar-refractivity contribution >= 4 is 26.9 Å². The average Bonchev–Trinajstić information content (AvgIpc) is 3.18. The molecule has 2 aromatic heterocycles. The molecule has 10 heteroatoms. The second-order valence-electron chi connectivity index (χ2n) is 8.58. The molecule has 1 N–H and O–H groups in total. The minimum absolute atomic E-state index is 0.0491. The quantitative estimate of drug-likeness (QED) is 0.580. The van der Waals surface area contributed by atoms with E-state index in [0.717, 1.165) is 42.3 Å². The first kappa shape index (κ1) is 22.5. The Balaban J connectivity index is 1.48. The number of hydrogen-bond donors (Lipinski definition) is 1. The molecule has 0 radical (unpaired) electrons. The highest BCUT2D eigenvalue weighted by molar-refractivity contribution is 7.88. The highest BCUT2D eigenvalue weighted by atomic mass is 32.2. The summed E-state index contributed by atoms with van der Waals surface area (Å²) in [5, 5.41) is 8.87. The van der Waals surface area contributed by atoms with Gasteiger partial charge in [-0.05, 0) is 51.7 Å². The number of ether oxygens (including phenoxy) is 1. The van der Waals surface area contributed by atoms with Gasteiger partial charge in [-0.1, -0.05) is 6.07 Å². The van der Waals surface area contributed by atoms with Crippen molar-refractivity contribution in [1.29, 1.82) is 0 Å². The van der Waals surface area contributed by atoms with Gasteiger partial charge in [0, 0.05) is 31.4 Å². The first-order chi connectivity index (χ1) is 15.2. The lowest BCUT2D eigenvalue weighted by molar-refractivity contribution is 0.245. The van der Waals surface area contributed by atoms with Gasteiger partial charge < -0.3 is 10.1 Å². The summed E-state index contributed by atoms with van der Waals surface area (Å²) in [6.07, 6.45) is 8.18. The van der Waals surface area contributed by atoms with E-state index in [2.05, 4.69) is 20.4 Å². The molecule has 0 bridgehead atoms. The third kappa shape index (κ3) is 4.86. The molecule has 1 aliphatic rings. The highest BCUT2D eigenvalue weighted by Crippen LogP contribution is 2.28. The Kier molecular flexibility index (Phi) is 6.34. The fourth-order valence-corrected chi connectivity index (χ4v) is 4.89. The van der Waals surface area contributed by atoms with E-state index in [9.17, 15) is 8.42 Å². The van der Waals surface area contributed by atoms with Crippen LogP contribution in [0.2, 0.25) is 0 Å². The second-order valence-corrected chi connectivity index (χ2v) is 10.6. The van der Waals surface area contributed by atoms with Crippen molar-refractivity contribution in [3.8, 4) is 11.6 Å². The molecule has 0 amide bonds. The fraction of sp³-hybridized carbons (Fsp3) is 0.500. The SMILES string of the molecule is CC(C)Oc1cccc2c1cnn2-c1ccnc(NC2CCC(N(C)S(C)(=O)=O)CC2)n1. The molecule has 1 saturated carbocycles. The number of nitrogens with zero attached hydrogens (tertiary/aromatic N) is 5. The molecule has 1 fully saturated rings. The van der Waals surface area contributed by atoms with E-state index in [-0.39, 0.29) is 18.2 Å². The normalized spacial score (nSPS) is 19.6. The number of nitrogens with one attached hydrogen (secondary N) is 1. The van der Waals surface area contributed by atoms with Gasteiger partial charge in [-0.3, -0.25) is 0 Å². The minimum atomic E-state index is -3.17. The summed E-state index contributed by atoms with van der Waals surface area (Å²) in [6.45, 7) is 4.00. The van der Waals surface area contributed by atoms with Crippen LogP contribution in [0.4, 0.5) is 5.95 Å². The van der Waals surface area contributed by atoms with Crippen LogP contribution in [0.25, 0.3) is 16.7 Å². The van der Waals surface area contributed by atoms with E-state index in [1.165, 1.54) is 10.6 Å². The van der Waals surface area contributed by atoms with Crippen molar-refractivity contribution in [1.82, 2.24) is 24.1 Å². The van der Waals surface area contributed by atoms with Crippen molar-refractivity contribution in [3.05, 3.63) is 36.7 Å². The van der Waals surface area contributed by atoms with Gasteiger partial charge in [0.2, 0.25) is 16.0 Å². The number of fused-ring (bicyclic) bond motifs is 1. The van der Waals surface area contributed by atoms with Crippen LogP contribution < -0.4 is 10.1 Å². The summed E-state index contributed by atoms with van der Waals surface area (Å²) in [6, 6.07) is 7.96. The lowest BCUT2D eigenvalue weighted by atomic mass is 9.91. The Bertz CT molecular complexity index is 1190. The van der Waals surface area contributed by atoms with Crippen LogP contribution >= 0.6 is 0 Å². The van der Waals surface area contributed by atoms with Gasteiger partial charge in [0.05, 0.1) is 29.5 Å². The average molecular weight is 459 g/mol. The molecular weight excluding hydrogens is 428 g/mol. The number of sulfonamides is 1. The molecule has 0 saturated heterocycles. The summed E-state index contributed by atoms with van der Waals surface area (Å²) >= 11 is 0. The summed E-state index contributed by atoms with van der Waals surface area (Å²) in [5.74, 6) is 2.01. The van der Waals surface area contributed by atoms with Gasteiger partial charge in [-0.25, -0.2) is 22.4 Å². The Morgan fingerprint density at radius 2 is 1.94 bits per heavy atom. The van der Waals surface area contributed by atoms with Crippen molar-refractivity contribution < 1.29 is 13.2 Å². The molecule has 0 atom stereocenters. The summed E-state index contributed by atoms with van der Waals surface area (Å²) in [5.41, 5.74) is 0.914. The molecule has 172 valence electrons. The lowest BCUT2D eigenvalue weighted by Crippen LogP contribution is -2.41. The molecule has 32 heavy (non-hydrogen) atoms. The van der Waals surface area contributed by atoms with Crippen LogP contribution in [-0.4, -0.2) is 64.0 Å². The Hall–Kier alpha value is -2.72. The zero-order valence-corrected chi connectivity index (χ0v) is 19.7. The van der Waals surface area contributed by atoms with Crippen LogP contribution in [0.1, 0.15) is 39.5 Å². The van der Waals surface area contributed by atoms with Crippen LogP contribution in [0.3, 0.4) is 0 Å². The number of hydrogen-bond acceptors (Lipinski definition) is 7. The monoisotopic (exact) mass is 458 g/mol. The highest BCUT2D eigenvalue weighted by Gasteiger charge is 2.28. The van der Waals surface area contributed by atoms with Crippen molar-refractivity contribution in [3.63, 3.8) is 0 Å². The molecule has 0 spiro atoms. The van der Waals surface area contributed by atoms with Crippen molar-refractivity contribution in [2.75, 3.05) is 18.6 Å². The maximum absolute atomic E-state index is 11.8. The van der Waals surface area contributed by atoms with Gasteiger partial charge in [0.15, 0.2) is 5.82 Å². The van der Waals surface area contributed by atoms with Crippen molar-refractivity contribution in [2.45, 2.75) is 57.7 Å². The fourth-order valence-electron chi connectivity index (χ4n) is 4.14. The van der Waals surface area contributed by atoms with Gasteiger partial charge in [-0.15, -0.1) is 0 Å². The Morgan fingerprint density at radius 3 is 2.62 bits per heavy atom. The second kappa shape index (κ2) is 9.03. The van der Waals surface area contributed by atoms with E-state index < -0.39 is 10.0 Å². The number of aromatic nitrogens is 4. The minimum Gasteiger partial charge on any atom is -0.490 e. The smallest absolute Gasteiger partial charge is 0.224 e. The molecule has 3 aromatic rings. The first-order valence-corrected chi connectivity index (χ1v) is 12.7. The first-order valence-electron chi connectivity index (χ1n) is 10.9. The van der Waals surface area contributed by atoms with Gasteiger partial charge in [0.25, 0.3) is 0 Å². The van der Waals surface area contributed by atoms with E-state index in [4.69, 9.17) is 4.74 Å². The van der Waals surface area contributed by atoms with Gasteiger partial charge >= 0.3 is 0 Å². The topological polar surface area (TPSA) is 102 Å². The largest absolute Gasteiger partial charge is 0.490 e. The standard InChI is InChI=1S/C22H30N6O3S/c1-15(2)31-20-7-5-6-19-18(20)14-24-28(19)21-12-13-23-22(26-21)25-16-8-10-17(11-9-16)27(3)32(4,29)30/h5-7,12-17H,8-11H2,1-4H3,(H,23,25,26). The number of rotatable bonds is 7. The molecule has 4 rings (SSSR count). The lowest BCUT2D eigenvalue weighted by Gasteiger charge is -2.33. The third-order valence-electron chi connectivity index (χ3n) is 5.86. The predicted molar refractivity (Wildman–Crippen MR) is 125 cm³/mol. The van der Waals surface area contributed by atoms with Gasteiger partial charge in [0.1, 0.15) is 5.75 Å². The molecule has 9 nitrogen and oxygen atoms in total. The van der Waals surface area contributed by atoms with E-state index in [1.807, 2.05) is 38.1 Å². The van der Waals surface area contributed by atoms with Crippen molar-refractivity contribution in [2.24, 2.45) is 0 Å². The van der Waals surface area contributed by atoms with Crippen LogP contribution in [0.5, 0.6) is 5.75 Å². The molecule has 0 unspecified atom stereocenters. The van der Waals surface area contributed by atoms with E-state index >= 15 is 0 Å². The van der Waals surface area contributed by atoms with E-state index in [0.29, 0.717) is 11.8 Å².